The highest BCUT2D eigenvalue weighted by Gasteiger charge is 2.28. The maximum Gasteiger partial charge on any atom is 0.193 e. The molecule has 3 rings (SSSR count). The first-order valence-corrected chi connectivity index (χ1v) is 9.86. The van der Waals surface area contributed by atoms with Crippen LogP contribution in [0.2, 0.25) is 0 Å². The summed E-state index contributed by atoms with van der Waals surface area (Å²) in [6.07, 6.45) is 6.57. The average molecular weight is 363 g/mol. The van der Waals surface area contributed by atoms with E-state index in [-0.39, 0.29) is 6.10 Å². The van der Waals surface area contributed by atoms with Crippen molar-refractivity contribution in [1.29, 1.82) is 0 Å². The standard InChI is InChI=1S/C19H34N6O/c1-15(2)12-24-7-5-6-17(24)11-21-19(20-3)25-8-9-26-18(14-25)16-10-22-23(4)13-16/h10,13,15,17-18H,5-9,11-12,14H2,1-4H3,(H,20,21)/t17-,18?/m1/s1. The van der Waals surface area contributed by atoms with E-state index in [9.17, 15) is 0 Å². The van der Waals surface area contributed by atoms with Crippen LogP contribution < -0.4 is 5.32 Å². The summed E-state index contributed by atoms with van der Waals surface area (Å²) in [7, 11) is 3.81. The molecule has 2 saturated heterocycles. The number of rotatable bonds is 5. The van der Waals surface area contributed by atoms with E-state index in [0.717, 1.165) is 37.1 Å². The van der Waals surface area contributed by atoms with Crippen molar-refractivity contribution in [2.75, 3.05) is 46.4 Å². The highest BCUT2D eigenvalue weighted by Crippen LogP contribution is 2.22. The molecule has 2 fully saturated rings. The van der Waals surface area contributed by atoms with Crippen molar-refractivity contribution in [3.8, 4) is 0 Å². The number of nitrogens with one attached hydrogen (secondary N) is 1. The summed E-state index contributed by atoms with van der Waals surface area (Å²) in [5, 5.41) is 7.89. The van der Waals surface area contributed by atoms with Crippen LogP contribution in [0.25, 0.3) is 0 Å². The van der Waals surface area contributed by atoms with Gasteiger partial charge in [0.15, 0.2) is 5.96 Å². The maximum atomic E-state index is 5.95. The first kappa shape index (κ1) is 19.2. The number of hydrogen-bond acceptors (Lipinski definition) is 4. The molecule has 7 nitrogen and oxygen atoms in total. The van der Waals surface area contributed by atoms with Gasteiger partial charge in [0.2, 0.25) is 0 Å². The lowest BCUT2D eigenvalue weighted by molar-refractivity contribution is -0.00811. The summed E-state index contributed by atoms with van der Waals surface area (Å²) in [6.45, 7) is 10.4. The molecule has 26 heavy (non-hydrogen) atoms. The second kappa shape index (κ2) is 8.86. The van der Waals surface area contributed by atoms with Gasteiger partial charge in [-0.25, -0.2) is 0 Å². The number of aromatic nitrogens is 2. The molecule has 7 heteroatoms. The van der Waals surface area contributed by atoms with Gasteiger partial charge in [0.1, 0.15) is 6.10 Å². The molecular formula is C19H34N6O. The third-order valence-corrected chi connectivity index (χ3v) is 5.27. The second-order valence-electron chi connectivity index (χ2n) is 7.87. The molecule has 0 amide bonds. The van der Waals surface area contributed by atoms with Crippen LogP contribution in [0.1, 0.15) is 38.4 Å². The van der Waals surface area contributed by atoms with Gasteiger partial charge in [-0.15, -0.1) is 0 Å². The number of hydrogen-bond donors (Lipinski definition) is 1. The molecule has 0 aliphatic carbocycles. The van der Waals surface area contributed by atoms with E-state index in [1.807, 2.05) is 31.2 Å². The predicted molar refractivity (Wildman–Crippen MR) is 104 cm³/mol. The van der Waals surface area contributed by atoms with E-state index < -0.39 is 0 Å². The van der Waals surface area contributed by atoms with E-state index in [2.05, 4.69) is 39.1 Å². The first-order chi connectivity index (χ1) is 12.6. The first-order valence-electron chi connectivity index (χ1n) is 9.86. The Morgan fingerprint density at radius 3 is 2.96 bits per heavy atom. The lowest BCUT2D eigenvalue weighted by Crippen LogP contribution is -2.51. The third-order valence-electron chi connectivity index (χ3n) is 5.27. The molecule has 3 heterocycles. The zero-order valence-corrected chi connectivity index (χ0v) is 16.7. The molecule has 146 valence electrons. The van der Waals surface area contributed by atoms with Crippen molar-refractivity contribution < 1.29 is 4.74 Å². The Labute approximate surface area is 157 Å². The minimum absolute atomic E-state index is 0.0555. The molecule has 2 aliphatic rings. The van der Waals surface area contributed by atoms with Crippen LogP contribution in [-0.4, -0.2) is 78.0 Å². The molecule has 2 aliphatic heterocycles. The van der Waals surface area contributed by atoms with Gasteiger partial charge in [0.25, 0.3) is 0 Å². The number of nitrogens with zero attached hydrogens (tertiary/aromatic N) is 5. The fraction of sp³-hybridized carbons (Fsp3) is 0.789. The normalized spacial score (nSPS) is 25.3. The van der Waals surface area contributed by atoms with Crippen molar-refractivity contribution >= 4 is 5.96 Å². The second-order valence-corrected chi connectivity index (χ2v) is 7.87. The van der Waals surface area contributed by atoms with Crippen molar-refractivity contribution in [1.82, 2.24) is 24.9 Å². The maximum absolute atomic E-state index is 5.95. The fourth-order valence-corrected chi connectivity index (χ4v) is 4.03. The topological polar surface area (TPSA) is 57.9 Å². The zero-order valence-electron chi connectivity index (χ0n) is 16.7. The highest BCUT2D eigenvalue weighted by molar-refractivity contribution is 5.80. The van der Waals surface area contributed by atoms with Crippen LogP contribution in [0, 0.1) is 5.92 Å². The monoisotopic (exact) mass is 362 g/mol. The summed E-state index contributed by atoms with van der Waals surface area (Å²) in [5.74, 6) is 1.70. The molecular weight excluding hydrogens is 328 g/mol. The Hall–Kier alpha value is -1.60. The number of guanidine groups is 1. The Morgan fingerprint density at radius 2 is 2.27 bits per heavy atom. The zero-order chi connectivity index (χ0) is 18.5. The third kappa shape index (κ3) is 4.76. The van der Waals surface area contributed by atoms with Crippen LogP contribution in [-0.2, 0) is 11.8 Å². The minimum atomic E-state index is 0.0555. The number of morpholine rings is 1. The Kier molecular flexibility index (Phi) is 6.53. The van der Waals surface area contributed by atoms with Crippen molar-refractivity contribution in [3.05, 3.63) is 18.0 Å². The molecule has 0 spiro atoms. The quantitative estimate of drug-likeness (QED) is 0.635. The van der Waals surface area contributed by atoms with Crippen molar-refractivity contribution in [2.45, 2.75) is 38.8 Å². The number of aliphatic imine (C=N–C) groups is 1. The van der Waals surface area contributed by atoms with Gasteiger partial charge in [-0.3, -0.25) is 14.6 Å². The van der Waals surface area contributed by atoms with Crippen LogP contribution in [0.3, 0.4) is 0 Å². The molecule has 1 aromatic heterocycles. The number of likely N-dealkylation sites (tertiary alicyclic amines) is 1. The molecule has 0 aromatic carbocycles. The molecule has 1 aromatic rings. The van der Waals surface area contributed by atoms with Crippen LogP contribution >= 0.6 is 0 Å². The fourth-order valence-electron chi connectivity index (χ4n) is 4.03. The van der Waals surface area contributed by atoms with Gasteiger partial charge in [-0.1, -0.05) is 13.8 Å². The molecule has 0 saturated carbocycles. The van der Waals surface area contributed by atoms with E-state index in [1.165, 1.54) is 25.9 Å². The smallest absolute Gasteiger partial charge is 0.193 e. The van der Waals surface area contributed by atoms with Gasteiger partial charge in [0, 0.05) is 51.5 Å². The predicted octanol–water partition coefficient (Wildman–Crippen LogP) is 1.49. The number of aryl methyl sites for hydroxylation is 1. The Bertz CT molecular complexity index is 599. The average Bonchev–Trinajstić information content (AvgIpc) is 3.24. The highest BCUT2D eigenvalue weighted by atomic mass is 16.5. The Morgan fingerprint density at radius 1 is 1.42 bits per heavy atom. The minimum Gasteiger partial charge on any atom is -0.370 e. The van der Waals surface area contributed by atoms with Crippen LogP contribution in [0.5, 0.6) is 0 Å². The molecule has 1 unspecified atom stereocenters. The van der Waals surface area contributed by atoms with Crippen LogP contribution in [0.15, 0.2) is 17.4 Å². The summed E-state index contributed by atoms with van der Waals surface area (Å²) in [6, 6.07) is 0.615. The van der Waals surface area contributed by atoms with Gasteiger partial charge >= 0.3 is 0 Å². The largest absolute Gasteiger partial charge is 0.370 e. The van der Waals surface area contributed by atoms with Gasteiger partial charge in [-0.2, -0.15) is 5.10 Å². The lowest BCUT2D eigenvalue weighted by Gasteiger charge is -2.35. The molecule has 2 atom stereocenters. The van der Waals surface area contributed by atoms with Gasteiger partial charge in [-0.05, 0) is 25.3 Å². The lowest BCUT2D eigenvalue weighted by atomic mass is 10.1. The summed E-state index contributed by atoms with van der Waals surface area (Å²) < 4.78 is 7.78. The Balaban J connectivity index is 1.55. The molecule has 1 N–H and O–H groups in total. The van der Waals surface area contributed by atoms with Crippen LogP contribution in [0.4, 0.5) is 0 Å². The van der Waals surface area contributed by atoms with Crippen molar-refractivity contribution in [3.63, 3.8) is 0 Å². The summed E-state index contributed by atoms with van der Waals surface area (Å²) >= 11 is 0. The summed E-state index contributed by atoms with van der Waals surface area (Å²) in [4.78, 5) is 9.46. The van der Waals surface area contributed by atoms with E-state index in [1.54, 1.807) is 0 Å². The van der Waals surface area contributed by atoms with Crippen molar-refractivity contribution in [2.24, 2.45) is 18.0 Å². The summed E-state index contributed by atoms with van der Waals surface area (Å²) in [5.41, 5.74) is 1.13. The SMILES string of the molecule is CN=C(NC[C@H]1CCCN1CC(C)C)N1CCOC(c2cnn(C)c2)C1. The number of ether oxygens (including phenoxy) is 1. The van der Waals surface area contributed by atoms with E-state index in [4.69, 9.17) is 4.74 Å². The van der Waals surface area contributed by atoms with E-state index >= 15 is 0 Å². The van der Waals surface area contributed by atoms with E-state index in [0.29, 0.717) is 12.6 Å². The van der Waals surface area contributed by atoms with Gasteiger partial charge < -0.3 is 15.0 Å². The van der Waals surface area contributed by atoms with Gasteiger partial charge in [0.05, 0.1) is 19.3 Å². The molecule has 0 bridgehead atoms. The molecule has 0 radical (unpaired) electrons.